The summed E-state index contributed by atoms with van der Waals surface area (Å²) in [5.74, 6) is -0.443. The second kappa shape index (κ2) is 8.64. The lowest BCUT2D eigenvalue weighted by Gasteiger charge is -2.25. The van der Waals surface area contributed by atoms with Crippen LogP contribution in [0.2, 0.25) is 0 Å². The predicted octanol–water partition coefficient (Wildman–Crippen LogP) is 2.11. The van der Waals surface area contributed by atoms with E-state index < -0.39 is 26.8 Å². The van der Waals surface area contributed by atoms with E-state index >= 15 is 0 Å². The van der Waals surface area contributed by atoms with Crippen LogP contribution in [0.1, 0.15) is 13.3 Å². The molecule has 1 amide bonds. The highest BCUT2D eigenvalue weighted by Crippen LogP contribution is 2.19. The third-order valence-electron chi connectivity index (χ3n) is 5.31. The van der Waals surface area contributed by atoms with Crippen molar-refractivity contribution in [2.24, 2.45) is 0 Å². The fourth-order valence-corrected chi connectivity index (χ4v) is 5.00. The summed E-state index contributed by atoms with van der Waals surface area (Å²) in [5, 5.41) is 0. The highest BCUT2D eigenvalue weighted by Gasteiger charge is 2.29. The first-order chi connectivity index (χ1) is 14.8. The lowest BCUT2D eigenvalue weighted by Crippen LogP contribution is -2.48. The molecule has 0 aliphatic carbocycles. The number of rotatable bonds is 5. The van der Waals surface area contributed by atoms with Gasteiger partial charge < -0.3 is 14.8 Å². The van der Waals surface area contributed by atoms with E-state index in [4.69, 9.17) is 0 Å². The quantitative estimate of drug-likeness (QED) is 0.627. The van der Waals surface area contributed by atoms with Crippen molar-refractivity contribution in [3.8, 4) is 0 Å². The summed E-state index contributed by atoms with van der Waals surface area (Å²) in [4.78, 5) is 24.1. The molecule has 4 rings (SSSR count). The number of nitrogens with zero attached hydrogens (tertiary/aromatic N) is 3. The summed E-state index contributed by atoms with van der Waals surface area (Å²) < 4.78 is 41.2. The number of amides is 1. The molecule has 31 heavy (non-hydrogen) atoms. The number of hydrogen-bond donors (Lipinski definition) is 2. The number of para-hydroxylation sites is 2. The third kappa shape index (κ3) is 4.54. The SMILES string of the molecule is C[C@H](NS(=O)(=O)c1ccccc1F)C(=O)N1CCCN(c2nc3ccccc3[nH]2)CC1. The molecule has 0 radical (unpaired) electrons. The summed E-state index contributed by atoms with van der Waals surface area (Å²) in [6.45, 7) is 3.70. The van der Waals surface area contributed by atoms with Crippen molar-refractivity contribution in [2.75, 3.05) is 31.1 Å². The Morgan fingerprint density at radius 1 is 1.10 bits per heavy atom. The maximum absolute atomic E-state index is 13.9. The molecule has 0 spiro atoms. The summed E-state index contributed by atoms with van der Waals surface area (Å²) >= 11 is 0. The number of benzene rings is 2. The number of anilines is 1. The van der Waals surface area contributed by atoms with E-state index in [2.05, 4.69) is 19.6 Å². The molecule has 1 aliphatic rings. The minimum atomic E-state index is -4.15. The van der Waals surface area contributed by atoms with E-state index in [-0.39, 0.29) is 5.91 Å². The van der Waals surface area contributed by atoms with Crippen LogP contribution in [-0.4, -0.2) is 61.4 Å². The molecule has 164 valence electrons. The van der Waals surface area contributed by atoms with E-state index in [1.165, 1.54) is 25.1 Å². The molecular weight excluding hydrogens is 421 g/mol. The van der Waals surface area contributed by atoms with Gasteiger partial charge in [0.1, 0.15) is 10.7 Å². The van der Waals surface area contributed by atoms with Crippen LogP contribution in [0.3, 0.4) is 0 Å². The molecule has 0 unspecified atom stereocenters. The minimum absolute atomic E-state index is 0.341. The van der Waals surface area contributed by atoms with E-state index in [9.17, 15) is 17.6 Å². The molecule has 10 heteroatoms. The monoisotopic (exact) mass is 445 g/mol. The first-order valence-corrected chi connectivity index (χ1v) is 11.6. The van der Waals surface area contributed by atoms with Crippen LogP contribution in [-0.2, 0) is 14.8 Å². The first kappa shape index (κ1) is 21.3. The van der Waals surface area contributed by atoms with Crippen molar-refractivity contribution in [3.05, 3.63) is 54.3 Å². The number of carbonyl (C=O) groups excluding carboxylic acids is 1. The maximum Gasteiger partial charge on any atom is 0.244 e. The van der Waals surface area contributed by atoms with Gasteiger partial charge in [0.25, 0.3) is 0 Å². The van der Waals surface area contributed by atoms with Crippen molar-refractivity contribution in [1.82, 2.24) is 19.6 Å². The molecule has 1 fully saturated rings. The van der Waals surface area contributed by atoms with Crippen LogP contribution in [0, 0.1) is 5.82 Å². The van der Waals surface area contributed by atoms with Gasteiger partial charge in [-0.25, -0.2) is 17.8 Å². The average Bonchev–Trinajstić information content (AvgIpc) is 3.02. The Morgan fingerprint density at radius 3 is 2.61 bits per heavy atom. The van der Waals surface area contributed by atoms with Crippen LogP contribution in [0.25, 0.3) is 11.0 Å². The number of aromatic amines is 1. The molecule has 2 N–H and O–H groups in total. The summed E-state index contributed by atoms with van der Waals surface area (Å²) in [5.41, 5.74) is 1.83. The molecule has 1 atom stereocenters. The normalized spacial score (nSPS) is 16.3. The summed E-state index contributed by atoms with van der Waals surface area (Å²) in [6.07, 6.45) is 0.718. The Labute approximate surface area is 180 Å². The van der Waals surface area contributed by atoms with Crippen molar-refractivity contribution in [1.29, 1.82) is 0 Å². The number of carbonyl (C=O) groups is 1. The lowest BCUT2D eigenvalue weighted by atomic mass is 10.3. The van der Waals surface area contributed by atoms with Crippen LogP contribution >= 0.6 is 0 Å². The number of imidazole rings is 1. The number of sulfonamides is 1. The van der Waals surface area contributed by atoms with E-state index in [0.29, 0.717) is 19.6 Å². The molecule has 2 heterocycles. The maximum atomic E-state index is 13.9. The summed E-state index contributed by atoms with van der Waals surface area (Å²) in [6, 6.07) is 11.8. The second-order valence-corrected chi connectivity index (χ2v) is 9.20. The molecule has 3 aromatic rings. The third-order valence-corrected chi connectivity index (χ3v) is 6.89. The van der Waals surface area contributed by atoms with Gasteiger partial charge in [0.05, 0.1) is 17.1 Å². The van der Waals surface area contributed by atoms with E-state index in [1.807, 2.05) is 24.3 Å². The van der Waals surface area contributed by atoms with Crippen molar-refractivity contribution in [2.45, 2.75) is 24.3 Å². The molecule has 0 saturated carbocycles. The van der Waals surface area contributed by atoms with Crippen LogP contribution in [0.5, 0.6) is 0 Å². The van der Waals surface area contributed by atoms with Gasteiger partial charge in [-0.15, -0.1) is 0 Å². The largest absolute Gasteiger partial charge is 0.341 e. The summed E-state index contributed by atoms with van der Waals surface area (Å²) in [7, 11) is -4.15. The molecular formula is C21H24FN5O3S. The molecule has 1 aliphatic heterocycles. The molecule has 8 nitrogen and oxygen atoms in total. The zero-order valence-electron chi connectivity index (χ0n) is 17.1. The smallest absolute Gasteiger partial charge is 0.244 e. The van der Waals surface area contributed by atoms with Gasteiger partial charge in [-0.1, -0.05) is 24.3 Å². The molecule has 2 aromatic carbocycles. The van der Waals surface area contributed by atoms with E-state index in [0.717, 1.165) is 36.0 Å². The number of H-pyrrole nitrogens is 1. The highest BCUT2D eigenvalue weighted by atomic mass is 32.2. The number of halogens is 1. The van der Waals surface area contributed by atoms with Gasteiger partial charge in [0.2, 0.25) is 21.9 Å². The molecule has 1 aromatic heterocycles. The predicted molar refractivity (Wildman–Crippen MR) is 116 cm³/mol. The Kier molecular flexibility index (Phi) is 5.92. The fraction of sp³-hybridized carbons (Fsp3) is 0.333. The van der Waals surface area contributed by atoms with Crippen molar-refractivity contribution < 1.29 is 17.6 Å². The van der Waals surface area contributed by atoms with Gasteiger partial charge in [-0.05, 0) is 37.6 Å². The number of fused-ring (bicyclic) bond motifs is 1. The zero-order chi connectivity index (χ0) is 22.0. The van der Waals surface area contributed by atoms with Gasteiger partial charge in [0.15, 0.2) is 0 Å². The van der Waals surface area contributed by atoms with Crippen LogP contribution in [0.15, 0.2) is 53.4 Å². The Balaban J connectivity index is 1.41. The highest BCUT2D eigenvalue weighted by molar-refractivity contribution is 7.89. The topological polar surface area (TPSA) is 98.4 Å². The number of aromatic nitrogens is 2. The first-order valence-electron chi connectivity index (χ1n) is 10.1. The van der Waals surface area contributed by atoms with E-state index in [1.54, 1.807) is 4.90 Å². The average molecular weight is 446 g/mol. The zero-order valence-corrected chi connectivity index (χ0v) is 17.9. The van der Waals surface area contributed by atoms with Crippen LogP contribution in [0.4, 0.5) is 10.3 Å². The Morgan fingerprint density at radius 2 is 1.84 bits per heavy atom. The van der Waals surface area contributed by atoms with Crippen LogP contribution < -0.4 is 9.62 Å². The van der Waals surface area contributed by atoms with Gasteiger partial charge >= 0.3 is 0 Å². The van der Waals surface area contributed by atoms with Gasteiger partial charge in [-0.2, -0.15) is 4.72 Å². The number of hydrogen-bond acceptors (Lipinski definition) is 5. The Hall–Kier alpha value is -2.98. The van der Waals surface area contributed by atoms with Gasteiger partial charge in [-0.3, -0.25) is 4.79 Å². The Bertz CT molecular complexity index is 1160. The number of nitrogens with one attached hydrogen (secondary N) is 2. The fourth-order valence-electron chi connectivity index (χ4n) is 3.72. The van der Waals surface area contributed by atoms with Crippen molar-refractivity contribution in [3.63, 3.8) is 0 Å². The lowest BCUT2D eigenvalue weighted by molar-refractivity contribution is -0.132. The molecule has 1 saturated heterocycles. The minimum Gasteiger partial charge on any atom is -0.341 e. The molecule has 0 bridgehead atoms. The second-order valence-electron chi connectivity index (χ2n) is 7.52. The standard InChI is InChI=1S/C21H24FN5O3S/c1-15(25-31(29,30)19-10-5-2-7-16(19)22)20(28)26-11-6-12-27(14-13-26)21-23-17-8-3-4-9-18(17)24-21/h2-5,7-10,15,25H,6,11-14H2,1H3,(H,23,24)/t15-/m0/s1. The van der Waals surface area contributed by atoms with Gasteiger partial charge in [0, 0.05) is 26.2 Å². The van der Waals surface area contributed by atoms with Crippen molar-refractivity contribution >= 4 is 32.9 Å².